The van der Waals surface area contributed by atoms with Gasteiger partial charge in [-0.25, -0.2) is 9.58 Å². The summed E-state index contributed by atoms with van der Waals surface area (Å²) in [4.78, 5) is 28.5. The zero-order chi connectivity index (χ0) is 14.3. The van der Waals surface area contributed by atoms with Gasteiger partial charge in [0.2, 0.25) is 11.8 Å². The van der Waals surface area contributed by atoms with E-state index < -0.39 is 0 Å². The van der Waals surface area contributed by atoms with Crippen molar-refractivity contribution < 1.29 is 9.59 Å². The second-order valence-electron chi connectivity index (χ2n) is 4.74. The third-order valence-electron chi connectivity index (χ3n) is 3.34. The number of amides is 2. The number of aromatic nitrogens is 3. The van der Waals surface area contributed by atoms with Crippen molar-refractivity contribution in [2.75, 3.05) is 4.90 Å². The maximum absolute atomic E-state index is 11.6. The van der Waals surface area contributed by atoms with E-state index in [4.69, 9.17) is 0 Å². The highest BCUT2D eigenvalue weighted by Crippen LogP contribution is 2.29. The molecule has 0 saturated heterocycles. The molecule has 6 heteroatoms. The molecule has 0 unspecified atom stereocenters. The number of fused-ring (bicyclic) bond motifs is 3. The van der Waals surface area contributed by atoms with E-state index in [0.29, 0.717) is 12.4 Å². The molecule has 0 bridgehead atoms. The number of nitrogens with zero attached hydrogens (tertiary/aromatic N) is 4. The predicted molar refractivity (Wildman–Crippen MR) is 73.0 cm³/mol. The molecule has 2 aromatic rings. The minimum Gasteiger partial charge on any atom is -0.274 e. The Morgan fingerprint density at radius 2 is 1.90 bits per heavy atom. The first-order chi connectivity index (χ1) is 9.58. The highest BCUT2D eigenvalue weighted by molar-refractivity contribution is 6.11. The van der Waals surface area contributed by atoms with E-state index >= 15 is 0 Å². The molecule has 2 amide bonds. The van der Waals surface area contributed by atoms with E-state index in [-0.39, 0.29) is 17.8 Å². The van der Waals surface area contributed by atoms with E-state index in [0.717, 1.165) is 16.9 Å². The summed E-state index contributed by atoms with van der Waals surface area (Å²) in [6, 6.07) is 7.96. The maximum atomic E-state index is 11.6. The number of rotatable bonds is 1. The number of aryl methyl sites for hydroxylation is 2. The van der Waals surface area contributed by atoms with Gasteiger partial charge in [-0.1, -0.05) is 24.3 Å². The summed E-state index contributed by atoms with van der Waals surface area (Å²) in [6.07, 6.45) is 0.867. The van der Waals surface area contributed by atoms with Gasteiger partial charge in [0.05, 0.1) is 0 Å². The average molecular weight is 270 g/mol. The van der Waals surface area contributed by atoms with Gasteiger partial charge in [0.25, 0.3) is 5.95 Å². The number of hydrogen-bond donors (Lipinski definition) is 0. The van der Waals surface area contributed by atoms with Crippen molar-refractivity contribution >= 4 is 17.8 Å². The van der Waals surface area contributed by atoms with Gasteiger partial charge in [0.1, 0.15) is 0 Å². The quantitative estimate of drug-likeness (QED) is 0.785. The lowest BCUT2D eigenvalue weighted by molar-refractivity contribution is -0.124. The summed E-state index contributed by atoms with van der Waals surface area (Å²) >= 11 is 0. The van der Waals surface area contributed by atoms with Crippen molar-refractivity contribution in [2.45, 2.75) is 26.8 Å². The SMILES string of the molecule is CC(=O)N(C(C)=O)c1nc2n(n1)CCc1ccccc1-2. The van der Waals surface area contributed by atoms with Crippen molar-refractivity contribution in [1.82, 2.24) is 14.8 Å². The lowest BCUT2D eigenvalue weighted by Crippen LogP contribution is -2.34. The monoisotopic (exact) mass is 270 g/mol. The number of carbonyl (C=O) groups is 2. The smallest absolute Gasteiger partial charge is 0.258 e. The van der Waals surface area contributed by atoms with Crippen LogP contribution in [0.3, 0.4) is 0 Å². The number of hydrogen-bond acceptors (Lipinski definition) is 4. The summed E-state index contributed by atoms with van der Waals surface area (Å²) in [5.74, 6) is 0.0912. The Morgan fingerprint density at radius 1 is 1.20 bits per heavy atom. The Hall–Kier alpha value is -2.50. The third kappa shape index (κ3) is 1.89. The third-order valence-corrected chi connectivity index (χ3v) is 3.34. The van der Waals surface area contributed by atoms with Crippen LogP contribution in [0.25, 0.3) is 11.4 Å². The van der Waals surface area contributed by atoms with Gasteiger partial charge in [0.15, 0.2) is 5.82 Å². The van der Waals surface area contributed by atoms with Crippen molar-refractivity contribution in [3.05, 3.63) is 29.8 Å². The van der Waals surface area contributed by atoms with Crippen LogP contribution in [0.1, 0.15) is 19.4 Å². The molecule has 0 radical (unpaired) electrons. The molecule has 1 aliphatic rings. The molecule has 0 saturated carbocycles. The van der Waals surface area contributed by atoms with E-state index in [2.05, 4.69) is 16.1 Å². The van der Waals surface area contributed by atoms with E-state index in [1.165, 1.54) is 19.4 Å². The van der Waals surface area contributed by atoms with Crippen molar-refractivity contribution in [3.8, 4) is 11.4 Å². The molecule has 1 aliphatic heterocycles. The highest BCUT2D eigenvalue weighted by atomic mass is 16.2. The zero-order valence-corrected chi connectivity index (χ0v) is 11.3. The minimum atomic E-state index is -0.381. The molecule has 2 heterocycles. The van der Waals surface area contributed by atoms with Crippen LogP contribution in [0, 0.1) is 0 Å². The first-order valence-corrected chi connectivity index (χ1v) is 6.42. The lowest BCUT2D eigenvalue weighted by atomic mass is 10.0. The van der Waals surface area contributed by atoms with Gasteiger partial charge >= 0.3 is 0 Å². The van der Waals surface area contributed by atoms with E-state index in [1.807, 2.05) is 18.2 Å². The summed E-state index contributed by atoms with van der Waals surface area (Å²) in [5, 5.41) is 4.28. The summed E-state index contributed by atoms with van der Waals surface area (Å²) in [5.41, 5.74) is 2.21. The molecule has 0 aliphatic carbocycles. The van der Waals surface area contributed by atoms with Crippen LogP contribution in [-0.2, 0) is 22.6 Å². The van der Waals surface area contributed by atoms with Crippen LogP contribution >= 0.6 is 0 Å². The van der Waals surface area contributed by atoms with E-state index in [9.17, 15) is 9.59 Å². The van der Waals surface area contributed by atoms with Crippen LogP contribution in [0.5, 0.6) is 0 Å². The normalized spacial score (nSPS) is 12.5. The highest BCUT2D eigenvalue weighted by Gasteiger charge is 2.25. The van der Waals surface area contributed by atoms with Gasteiger partial charge in [-0.2, -0.15) is 4.98 Å². The first kappa shape index (κ1) is 12.5. The Morgan fingerprint density at radius 3 is 2.60 bits per heavy atom. The zero-order valence-electron chi connectivity index (χ0n) is 11.3. The summed E-state index contributed by atoms with van der Waals surface area (Å²) in [7, 11) is 0. The van der Waals surface area contributed by atoms with Crippen LogP contribution in [0.15, 0.2) is 24.3 Å². The molecule has 3 rings (SSSR count). The van der Waals surface area contributed by atoms with Gasteiger partial charge in [0, 0.05) is 26.0 Å². The number of anilines is 1. The lowest BCUT2D eigenvalue weighted by Gasteiger charge is -2.15. The number of benzene rings is 1. The molecular formula is C14H14N4O2. The largest absolute Gasteiger partial charge is 0.274 e. The standard InChI is InChI=1S/C14H14N4O2/c1-9(19)18(10(2)20)14-15-13-12-6-4-3-5-11(12)7-8-17(13)16-14/h3-6H,7-8H2,1-2H3. The second kappa shape index (κ2) is 4.56. The van der Waals surface area contributed by atoms with Gasteiger partial charge in [-0.3, -0.25) is 9.59 Å². The van der Waals surface area contributed by atoms with Gasteiger partial charge < -0.3 is 0 Å². The molecule has 102 valence electrons. The molecule has 6 nitrogen and oxygen atoms in total. The topological polar surface area (TPSA) is 68.1 Å². The Kier molecular flexibility index (Phi) is 2.85. The van der Waals surface area contributed by atoms with Crippen molar-refractivity contribution in [3.63, 3.8) is 0 Å². The van der Waals surface area contributed by atoms with Crippen LogP contribution in [-0.4, -0.2) is 26.6 Å². The fraction of sp³-hybridized carbons (Fsp3) is 0.286. The Labute approximate surface area is 116 Å². The summed E-state index contributed by atoms with van der Waals surface area (Å²) in [6.45, 7) is 3.35. The summed E-state index contributed by atoms with van der Waals surface area (Å²) < 4.78 is 1.75. The molecule has 0 N–H and O–H groups in total. The molecular weight excluding hydrogens is 256 g/mol. The van der Waals surface area contributed by atoms with Crippen LogP contribution < -0.4 is 4.90 Å². The van der Waals surface area contributed by atoms with Crippen molar-refractivity contribution in [1.29, 1.82) is 0 Å². The molecule has 0 atom stereocenters. The minimum absolute atomic E-state index is 0.150. The average Bonchev–Trinajstić information content (AvgIpc) is 2.81. The number of imide groups is 1. The van der Waals surface area contributed by atoms with Crippen LogP contribution in [0.2, 0.25) is 0 Å². The Balaban J connectivity index is 2.10. The molecule has 20 heavy (non-hydrogen) atoms. The molecule has 0 fully saturated rings. The second-order valence-corrected chi connectivity index (χ2v) is 4.74. The van der Waals surface area contributed by atoms with Crippen LogP contribution in [0.4, 0.5) is 5.95 Å². The van der Waals surface area contributed by atoms with Gasteiger partial charge in [-0.05, 0) is 12.0 Å². The number of carbonyl (C=O) groups excluding carboxylic acids is 2. The molecule has 0 spiro atoms. The first-order valence-electron chi connectivity index (χ1n) is 6.42. The maximum Gasteiger partial charge on any atom is 0.258 e. The fourth-order valence-corrected chi connectivity index (χ4v) is 2.47. The van der Waals surface area contributed by atoms with Gasteiger partial charge in [-0.15, -0.1) is 5.10 Å². The Bertz CT molecular complexity index is 691. The molecule has 1 aromatic heterocycles. The predicted octanol–water partition coefficient (Wildman–Crippen LogP) is 1.40. The van der Waals surface area contributed by atoms with E-state index in [1.54, 1.807) is 4.68 Å². The van der Waals surface area contributed by atoms with Crippen molar-refractivity contribution in [2.24, 2.45) is 0 Å². The fourth-order valence-electron chi connectivity index (χ4n) is 2.47. The molecule has 1 aromatic carbocycles.